The van der Waals surface area contributed by atoms with Gasteiger partial charge in [0.05, 0.1) is 19.3 Å². The third kappa shape index (κ3) is 4.59. The van der Waals surface area contributed by atoms with Crippen LogP contribution in [0.2, 0.25) is 0 Å². The van der Waals surface area contributed by atoms with Gasteiger partial charge in [-0.25, -0.2) is 15.0 Å². The van der Waals surface area contributed by atoms with Gasteiger partial charge in [0.2, 0.25) is 11.9 Å². The zero-order chi connectivity index (χ0) is 22.6. The van der Waals surface area contributed by atoms with E-state index in [9.17, 15) is 9.59 Å². The molecule has 1 aromatic heterocycles. The fraction of sp³-hybridized carbons (Fsp3) is 0.458. The molecule has 0 saturated carbocycles. The van der Waals surface area contributed by atoms with E-state index >= 15 is 0 Å². The number of rotatable bonds is 4. The molecule has 2 fully saturated rings. The number of nitrogens with zero attached hydrogens (tertiary/aromatic N) is 6. The SMILES string of the molecule is O=C(c1ccnc(N2CCC(C(=O)N3N=CC[C@H]3c3ccccc3)CC2)n1)N1CCOCC1. The fourth-order valence-corrected chi connectivity index (χ4v) is 4.64. The van der Waals surface area contributed by atoms with Gasteiger partial charge in [-0.1, -0.05) is 30.3 Å². The first-order valence-electron chi connectivity index (χ1n) is 11.6. The molecule has 0 N–H and O–H groups in total. The smallest absolute Gasteiger partial charge is 0.272 e. The van der Waals surface area contributed by atoms with Crippen molar-refractivity contribution in [2.24, 2.45) is 11.0 Å². The van der Waals surface area contributed by atoms with Gasteiger partial charge in [0.1, 0.15) is 5.69 Å². The van der Waals surface area contributed by atoms with E-state index in [0.29, 0.717) is 63.9 Å². The maximum absolute atomic E-state index is 13.2. The van der Waals surface area contributed by atoms with Gasteiger partial charge >= 0.3 is 0 Å². The minimum atomic E-state index is -0.0918. The second kappa shape index (κ2) is 9.66. The number of hydrazone groups is 1. The standard InChI is InChI=1S/C24H28N6O3/c31-22(30-21(7-11-26-30)18-4-2-1-3-5-18)19-8-12-29(13-9-19)24-25-10-6-20(27-24)23(32)28-14-16-33-17-15-28/h1-6,10-11,19,21H,7-9,12-17H2/t21-/m0/s1. The van der Waals surface area contributed by atoms with Crippen LogP contribution in [-0.4, -0.2) is 77.3 Å². The third-order valence-electron chi connectivity index (χ3n) is 6.53. The average molecular weight is 449 g/mol. The Bertz CT molecular complexity index is 1020. The van der Waals surface area contributed by atoms with E-state index in [1.807, 2.05) is 36.5 Å². The van der Waals surface area contributed by atoms with Crippen molar-refractivity contribution in [3.05, 3.63) is 53.9 Å². The van der Waals surface area contributed by atoms with Crippen LogP contribution in [0, 0.1) is 5.92 Å². The monoisotopic (exact) mass is 448 g/mol. The molecule has 3 aliphatic rings. The molecule has 33 heavy (non-hydrogen) atoms. The molecule has 3 aliphatic heterocycles. The van der Waals surface area contributed by atoms with Gasteiger partial charge in [0, 0.05) is 50.9 Å². The summed E-state index contributed by atoms with van der Waals surface area (Å²) in [5, 5.41) is 6.05. The van der Waals surface area contributed by atoms with Crippen LogP contribution in [0.4, 0.5) is 5.95 Å². The van der Waals surface area contributed by atoms with Crippen molar-refractivity contribution in [1.82, 2.24) is 19.9 Å². The predicted octanol–water partition coefficient (Wildman–Crippen LogP) is 2.12. The lowest BCUT2D eigenvalue weighted by Gasteiger charge is -2.34. The maximum atomic E-state index is 13.2. The summed E-state index contributed by atoms with van der Waals surface area (Å²) >= 11 is 0. The lowest BCUT2D eigenvalue weighted by atomic mass is 9.94. The van der Waals surface area contributed by atoms with Gasteiger partial charge < -0.3 is 14.5 Å². The van der Waals surface area contributed by atoms with Crippen LogP contribution in [0.25, 0.3) is 0 Å². The number of morpholine rings is 1. The zero-order valence-electron chi connectivity index (χ0n) is 18.5. The van der Waals surface area contributed by atoms with Gasteiger partial charge in [-0.3, -0.25) is 9.59 Å². The van der Waals surface area contributed by atoms with Crippen molar-refractivity contribution in [2.75, 3.05) is 44.3 Å². The summed E-state index contributed by atoms with van der Waals surface area (Å²) in [7, 11) is 0. The Kier molecular flexibility index (Phi) is 6.30. The molecule has 0 spiro atoms. The number of anilines is 1. The molecule has 2 saturated heterocycles. The number of ether oxygens (including phenoxy) is 1. The van der Waals surface area contributed by atoms with Crippen molar-refractivity contribution in [3.63, 3.8) is 0 Å². The molecule has 0 bridgehead atoms. The highest BCUT2D eigenvalue weighted by atomic mass is 16.5. The number of hydrogen-bond acceptors (Lipinski definition) is 7. The van der Waals surface area contributed by atoms with Crippen LogP contribution in [0.15, 0.2) is 47.7 Å². The maximum Gasteiger partial charge on any atom is 0.272 e. The second-order valence-electron chi connectivity index (χ2n) is 8.55. The van der Waals surface area contributed by atoms with Crippen LogP contribution in [0.1, 0.15) is 41.4 Å². The number of piperidine rings is 1. The highest BCUT2D eigenvalue weighted by Crippen LogP contribution is 2.32. The first kappa shape index (κ1) is 21.5. The molecule has 9 heteroatoms. The molecule has 9 nitrogen and oxygen atoms in total. The van der Waals surface area contributed by atoms with E-state index in [2.05, 4.69) is 20.0 Å². The van der Waals surface area contributed by atoms with Crippen molar-refractivity contribution in [1.29, 1.82) is 0 Å². The first-order valence-corrected chi connectivity index (χ1v) is 11.6. The molecule has 0 radical (unpaired) electrons. The molecule has 2 amide bonds. The van der Waals surface area contributed by atoms with Gasteiger partial charge in [-0.15, -0.1) is 0 Å². The van der Waals surface area contributed by atoms with Crippen LogP contribution in [0.5, 0.6) is 0 Å². The summed E-state index contributed by atoms with van der Waals surface area (Å²) in [6.07, 6.45) is 5.62. The predicted molar refractivity (Wildman–Crippen MR) is 123 cm³/mol. The van der Waals surface area contributed by atoms with Crippen LogP contribution >= 0.6 is 0 Å². The minimum absolute atomic E-state index is 0.0251. The van der Waals surface area contributed by atoms with E-state index in [1.165, 1.54) is 0 Å². The van der Waals surface area contributed by atoms with E-state index < -0.39 is 0 Å². The van der Waals surface area contributed by atoms with Crippen molar-refractivity contribution < 1.29 is 14.3 Å². The number of hydrogen-bond donors (Lipinski definition) is 0. The third-order valence-corrected chi connectivity index (χ3v) is 6.53. The summed E-state index contributed by atoms with van der Waals surface area (Å²) in [6, 6.07) is 11.7. The fourth-order valence-electron chi connectivity index (χ4n) is 4.64. The lowest BCUT2D eigenvalue weighted by Crippen LogP contribution is -2.42. The average Bonchev–Trinajstić information content (AvgIpc) is 3.39. The van der Waals surface area contributed by atoms with Gasteiger partial charge in [-0.05, 0) is 24.5 Å². The molecule has 0 unspecified atom stereocenters. The van der Waals surface area contributed by atoms with Crippen LogP contribution in [-0.2, 0) is 9.53 Å². The Balaban J connectivity index is 1.21. The normalized spacial score (nSPS) is 21.5. The molecule has 0 aliphatic carbocycles. The molecule has 1 aromatic carbocycles. The Morgan fingerprint density at radius 3 is 2.48 bits per heavy atom. The topological polar surface area (TPSA) is 91.2 Å². The van der Waals surface area contributed by atoms with Gasteiger partial charge in [-0.2, -0.15) is 5.10 Å². The highest BCUT2D eigenvalue weighted by Gasteiger charge is 2.35. The number of amides is 2. The molecule has 1 atom stereocenters. The summed E-state index contributed by atoms with van der Waals surface area (Å²) in [6.45, 7) is 3.59. The van der Waals surface area contributed by atoms with Gasteiger partial charge in [0.15, 0.2) is 0 Å². The Morgan fingerprint density at radius 1 is 0.970 bits per heavy atom. The number of benzene rings is 1. The van der Waals surface area contributed by atoms with Gasteiger partial charge in [0.25, 0.3) is 5.91 Å². The highest BCUT2D eigenvalue weighted by molar-refractivity contribution is 5.92. The molecular formula is C24H28N6O3. The van der Waals surface area contributed by atoms with Crippen LogP contribution < -0.4 is 4.90 Å². The van der Waals surface area contributed by atoms with E-state index in [0.717, 1.165) is 12.0 Å². The second-order valence-corrected chi connectivity index (χ2v) is 8.55. The molecule has 172 valence electrons. The number of carbonyl (C=O) groups excluding carboxylic acids is 2. The number of aromatic nitrogens is 2. The van der Waals surface area contributed by atoms with E-state index in [-0.39, 0.29) is 23.8 Å². The van der Waals surface area contributed by atoms with Crippen molar-refractivity contribution in [3.8, 4) is 0 Å². The Hall–Kier alpha value is -3.33. The molecule has 2 aromatic rings. The lowest BCUT2D eigenvalue weighted by molar-refractivity contribution is -0.138. The summed E-state index contributed by atoms with van der Waals surface area (Å²) in [5.74, 6) is 0.447. The van der Waals surface area contributed by atoms with E-state index in [1.54, 1.807) is 22.2 Å². The first-order chi connectivity index (χ1) is 16.2. The van der Waals surface area contributed by atoms with E-state index in [4.69, 9.17) is 4.74 Å². The van der Waals surface area contributed by atoms with Crippen molar-refractivity contribution in [2.45, 2.75) is 25.3 Å². The molecule has 5 rings (SSSR count). The van der Waals surface area contributed by atoms with Crippen LogP contribution in [0.3, 0.4) is 0 Å². The summed E-state index contributed by atoms with van der Waals surface area (Å²) < 4.78 is 5.33. The summed E-state index contributed by atoms with van der Waals surface area (Å²) in [5.41, 5.74) is 1.51. The van der Waals surface area contributed by atoms with Crippen molar-refractivity contribution >= 4 is 24.0 Å². The number of carbonyl (C=O) groups is 2. The Morgan fingerprint density at radius 2 is 1.73 bits per heavy atom. The zero-order valence-corrected chi connectivity index (χ0v) is 18.5. The Labute approximate surface area is 193 Å². The minimum Gasteiger partial charge on any atom is -0.378 e. The summed E-state index contributed by atoms with van der Waals surface area (Å²) in [4.78, 5) is 38.8. The largest absolute Gasteiger partial charge is 0.378 e. The molecular weight excluding hydrogens is 420 g/mol. The molecule has 4 heterocycles. The quantitative estimate of drug-likeness (QED) is 0.712.